The molecule has 0 heterocycles. The minimum Gasteiger partial charge on any atom is -0.354 e. The second-order valence-corrected chi connectivity index (χ2v) is 13.9. The SMILES string of the molecule is Cc1ccc(S(=O)(=O)N(CC(=O)N(Cc2ccccc2)[C@@H](Cc2ccccc2)C(=O)NCC(C)C)c2ccc(C)c(Cl)c2)cc1. The first-order valence-corrected chi connectivity index (χ1v) is 16.8. The van der Waals surface area contributed by atoms with Crippen LogP contribution < -0.4 is 9.62 Å². The molecular formula is C36H40ClN3O4S. The van der Waals surface area contributed by atoms with Gasteiger partial charge in [0, 0.05) is 24.5 Å². The van der Waals surface area contributed by atoms with Crippen molar-refractivity contribution in [3.8, 4) is 0 Å². The molecule has 9 heteroatoms. The number of nitrogens with one attached hydrogen (secondary N) is 1. The van der Waals surface area contributed by atoms with Crippen molar-refractivity contribution in [2.24, 2.45) is 5.92 Å². The summed E-state index contributed by atoms with van der Waals surface area (Å²) in [6.45, 7) is 7.70. The van der Waals surface area contributed by atoms with E-state index in [0.29, 0.717) is 11.6 Å². The molecule has 4 aromatic carbocycles. The number of hydrogen-bond donors (Lipinski definition) is 1. The summed E-state index contributed by atoms with van der Waals surface area (Å²) in [6.07, 6.45) is 0.254. The fourth-order valence-corrected chi connectivity index (χ4v) is 6.44. The van der Waals surface area contributed by atoms with Crippen molar-refractivity contribution in [1.29, 1.82) is 0 Å². The van der Waals surface area contributed by atoms with Crippen LogP contribution in [0.4, 0.5) is 5.69 Å². The number of halogens is 1. The average molecular weight is 646 g/mol. The Balaban J connectivity index is 1.80. The van der Waals surface area contributed by atoms with E-state index >= 15 is 0 Å². The molecule has 45 heavy (non-hydrogen) atoms. The summed E-state index contributed by atoms with van der Waals surface area (Å²) in [7, 11) is -4.20. The van der Waals surface area contributed by atoms with Crippen LogP contribution in [0.5, 0.6) is 0 Å². The molecule has 0 saturated heterocycles. The molecule has 0 aliphatic heterocycles. The monoisotopic (exact) mass is 645 g/mol. The van der Waals surface area contributed by atoms with Gasteiger partial charge in [0.05, 0.1) is 10.6 Å². The van der Waals surface area contributed by atoms with Gasteiger partial charge in [-0.05, 0) is 60.7 Å². The molecule has 236 valence electrons. The van der Waals surface area contributed by atoms with Gasteiger partial charge in [-0.3, -0.25) is 13.9 Å². The molecule has 4 rings (SSSR count). The number of carbonyl (C=O) groups is 2. The molecule has 0 saturated carbocycles. The Morgan fingerprint density at radius 2 is 1.42 bits per heavy atom. The normalized spacial score (nSPS) is 12.0. The molecule has 2 amide bonds. The molecule has 0 aromatic heterocycles. The lowest BCUT2D eigenvalue weighted by molar-refractivity contribution is -0.140. The van der Waals surface area contributed by atoms with Gasteiger partial charge in [0.25, 0.3) is 10.0 Å². The molecule has 7 nitrogen and oxygen atoms in total. The maximum atomic E-state index is 14.5. The number of rotatable bonds is 13. The summed E-state index contributed by atoms with van der Waals surface area (Å²) in [5.74, 6) is -0.624. The lowest BCUT2D eigenvalue weighted by Crippen LogP contribution is -2.53. The summed E-state index contributed by atoms with van der Waals surface area (Å²) >= 11 is 6.45. The Bertz CT molecular complexity index is 1700. The van der Waals surface area contributed by atoms with Crippen LogP contribution >= 0.6 is 11.6 Å². The van der Waals surface area contributed by atoms with Gasteiger partial charge in [-0.15, -0.1) is 0 Å². The predicted molar refractivity (Wildman–Crippen MR) is 181 cm³/mol. The second-order valence-electron chi connectivity index (χ2n) is 11.6. The Morgan fingerprint density at radius 1 is 0.822 bits per heavy atom. The van der Waals surface area contributed by atoms with Gasteiger partial charge < -0.3 is 10.2 Å². The number of aryl methyl sites for hydroxylation is 2. The molecule has 4 aromatic rings. The molecule has 0 aliphatic carbocycles. The lowest BCUT2D eigenvalue weighted by Gasteiger charge is -2.34. The standard InChI is InChI=1S/C36H40ClN3O4S/c1-26(2)23-38-36(42)34(21-29-11-7-5-8-12-29)39(24-30-13-9-6-10-14-30)35(41)25-40(31-18-17-28(4)33(37)22-31)45(43,44)32-19-15-27(3)16-20-32/h5-20,22,26,34H,21,23-25H2,1-4H3,(H,38,42)/t34-/m0/s1. The Morgan fingerprint density at radius 3 is 2.00 bits per heavy atom. The minimum atomic E-state index is -4.20. The quantitative estimate of drug-likeness (QED) is 0.178. The third-order valence-electron chi connectivity index (χ3n) is 7.48. The zero-order valence-corrected chi connectivity index (χ0v) is 27.7. The predicted octanol–water partition coefficient (Wildman–Crippen LogP) is 6.56. The summed E-state index contributed by atoms with van der Waals surface area (Å²) in [4.78, 5) is 29.9. The zero-order chi connectivity index (χ0) is 32.6. The Labute approximate surface area is 271 Å². The number of benzene rings is 4. The number of hydrogen-bond acceptors (Lipinski definition) is 4. The molecule has 0 bridgehead atoms. The summed E-state index contributed by atoms with van der Waals surface area (Å²) < 4.78 is 29.4. The molecule has 0 unspecified atom stereocenters. The zero-order valence-electron chi connectivity index (χ0n) is 26.1. The van der Waals surface area contributed by atoms with Crippen molar-refractivity contribution in [3.63, 3.8) is 0 Å². The van der Waals surface area contributed by atoms with Crippen LogP contribution in [0, 0.1) is 19.8 Å². The third kappa shape index (κ3) is 8.96. The van der Waals surface area contributed by atoms with Crippen molar-refractivity contribution in [1.82, 2.24) is 10.2 Å². The number of carbonyl (C=O) groups excluding carboxylic acids is 2. The topological polar surface area (TPSA) is 86.8 Å². The Hall–Kier alpha value is -4.14. The maximum Gasteiger partial charge on any atom is 0.264 e. The highest BCUT2D eigenvalue weighted by Crippen LogP contribution is 2.29. The largest absolute Gasteiger partial charge is 0.354 e. The van der Waals surface area contributed by atoms with E-state index in [-0.39, 0.29) is 35.4 Å². The van der Waals surface area contributed by atoms with E-state index in [1.54, 1.807) is 30.3 Å². The Kier molecular flexibility index (Phi) is 11.4. The van der Waals surface area contributed by atoms with E-state index in [4.69, 9.17) is 11.6 Å². The minimum absolute atomic E-state index is 0.0442. The average Bonchev–Trinajstić information content (AvgIpc) is 3.02. The van der Waals surface area contributed by atoms with Crippen LogP contribution in [0.1, 0.15) is 36.1 Å². The van der Waals surface area contributed by atoms with E-state index in [1.165, 1.54) is 17.0 Å². The fourth-order valence-electron chi connectivity index (χ4n) is 4.86. The first-order chi connectivity index (χ1) is 21.5. The van der Waals surface area contributed by atoms with E-state index in [9.17, 15) is 18.0 Å². The van der Waals surface area contributed by atoms with Crippen LogP contribution in [0.25, 0.3) is 0 Å². The first kappa shape index (κ1) is 33.7. The number of nitrogens with zero attached hydrogens (tertiary/aromatic N) is 2. The summed E-state index contributed by atoms with van der Waals surface area (Å²) in [5.41, 5.74) is 3.62. The summed E-state index contributed by atoms with van der Waals surface area (Å²) in [5, 5.41) is 3.38. The van der Waals surface area contributed by atoms with Crippen LogP contribution in [0.2, 0.25) is 5.02 Å². The van der Waals surface area contributed by atoms with Crippen LogP contribution in [-0.2, 0) is 32.6 Å². The number of anilines is 1. The van der Waals surface area contributed by atoms with Crippen molar-refractivity contribution in [2.45, 2.75) is 51.6 Å². The molecule has 0 aliphatic rings. The highest BCUT2D eigenvalue weighted by molar-refractivity contribution is 7.92. The van der Waals surface area contributed by atoms with E-state index in [2.05, 4.69) is 5.32 Å². The summed E-state index contributed by atoms with van der Waals surface area (Å²) in [6, 6.07) is 29.4. The van der Waals surface area contributed by atoms with Gasteiger partial charge in [-0.25, -0.2) is 8.42 Å². The van der Waals surface area contributed by atoms with Gasteiger partial charge in [0.15, 0.2) is 0 Å². The van der Waals surface area contributed by atoms with E-state index < -0.39 is 28.5 Å². The molecule has 0 radical (unpaired) electrons. The van der Waals surface area contributed by atoms with Crippen molar-refractivity contribution in [3.05, 3.63) is 130 Å². The molecule has 0 fully saturated rings. The van der Waals surface area contributed by atoms with E-state index in [0.717, 1.165) is 26.6 Å². The molecule has 1 atom stereocenters. The molecular weight excluding hydrogens is 606 g/mol. The highest BCUT2D eigenvalue weighted by atomic mass is 35.5. The lowest BCUT2D eigenvalue weighted by atomic mass is 10.0. The third-order valence-corrected chi connectivity index (χ3v) is 9.68. The number of amides is 2. The smallest absolute Gasteiger partial charge is 0.264 e. The van der Waals surface area contributed by atoms with Gasteiger partial charge in [0.1, 0.15) is 12.6 Å². The second kappa shape index (κ2) is 15.2. The first-order valence-electron chi connectivity index (χ1n) is 15.0. The van der Waals surface area contributed by atoms with Gasteiger partial charge in [-0.2, -0.15) is 0 Å². The highest BCUT2D eigenvalue weighted by Gasteiger charge is 2.34. The van der Waals surface area contributed by atoms with Crippen molar-refractivity contribution in [2.75, 3.05) is 17.4 Å². The van der Waals surface area contributed by atoms with Gasteiger partial charge in [0.2, 0.25) is 11.8 Å². The van der Waals surface area contributed by atoms with Crippen LogP contribution in [0.3, 0.4) is 0 Å². The van der Waals surface area contributed by atoms with Crippen molar-refractivity contribution >= 4 is 39.1 Å². The maximum absolute atomic E-state index is 14.5. The van der Waals surface area contributed by atoms with Crippen LogP contribution in [0.15, 0.2) is 108 Å². The van der Waals surface area contributed by atoms with Gasteiger partial charge >= 0.3 is 0 Å². The van der Waals surface area contributed by atoms with E-state index in [1.807, 2.05) is 88.4 Å². The fraction of sp³-hybridized carbons (Fsp3) is 0.278. The van der Waals surface area contributed by atoms with Crippen molar-refractivity contribution < 1.29 is 18.0 Å². The van der Waals surface area contributed by atoms with Gasteiger partial charge in [-0.1, -0.05) is 110 Å². The number of sulfonamides is 1. The molecule has 0 spiro atoms. The molecule has 1 N–H and O–H groups in total. The van der Waals surface area contributed by atoms with Crippen LogP contribution in [-0.4, -0.2) is 44.3 Å².